The number of benzene rings is 2. The maximum Gasteiger partial charge on any atom is 0.194 e. The fraction of sp³-hybridized carbons (Fsp3) is 0.235. The molecule has 0 aliphatic rings. The highest BCUT2D eigenvalue weighted by atomic mass is 35.5. The lowest BCUT2D eigenvalue weighted by Gasteiger charge is -2.10. The van der Waals surface area contributed by atoms with Gasteiger partial charge in [-0.2, -0.15) is 0 Å². The van der Waals surface area contributed by atoms with E-state index in [9.17, 15) is 4.79 Å². The number of rotatable bonds is 4. The number of carbonyl (C=O) groups is 1. The minimum atomic E-state index is -0.0743. The standard InChI is InChI=1S/C17H17ClO2/c1-11(2)20-14-9-7-13(8-10-14)17(19)15-6-4-5-12(3)16(15)18/h4-11H,1-3H3. The number of halogens is 1. The summed E-state index contributed by atoms with van der Waals surface area (Å²) in [5.41, 5.74) is 2.04. The van der Waals surface area contributed by atoms with Crippen molar-refractivity contribution in [3.05, 3.63) is 64.2 Å². The Morgan fingerprint density at radius 3 is 2.35 bits per heavy atom. The van der Waals surface area contributed by atoms with E-state index in [4.69, 9.17) is 16.3 Å². The summed E-state index contributed by atoms with van der Waals surface area (Å²) in [6.07, 6.45) is 0.114. The molecule has 0 fully saturated rings. The predicted molar refractivity (Wildman–Crippen MR) is 81.8 cm³/mol. The van der Waals surface area contributed by atoms with E-state index in [-0.39, 0.29) is 11.9 Å². The van der Waals surface area contributed by atoms with Crippen LogP contribution >= 0.6 is 11.6 Å². The van der Waals surface area contributed by atoms with Gasteiger partial charge in [-0.3, -0.25) is 4.79 Å². The Bertz CT molecular complexity index is 615. The molecule has 0 aliphatic heterocycles. The van der Waals surface area contributed by atoms with Crippen molar-refractivity contribution >= 4 is 17.4 Å². The molecule has 0 saturated heterocycles. The van der Waals surface area contributed by atoms with Gasteiger partial charge in [-0.1, -0.05) is 23.7 Å². The van der Waals surface area contributed by atoms with Crippen molar-refractivity contribution in [3.63, 3.8) is 0 Å². The van der Waals surface area contributed by atoms with E-state index in [1.807, 2.05) is 32.9 Å². The molecule has 2 nitrogen and oxygen atoms in total. The fourth-order valence-corrected chi connectivity index (χ4v) is 2.15. The number of hydrogen-bond donors (Lipinski definition) is 0. The number of ether oxygens (including phenoxy) is 1. The largest absolute Gasteiger partial charge is 0.491 e. The van der Waals surface area contributed by atoms with Crippen molar-refractivity contribution in [1.29, 1.82) is 0 Å². The van der Waals surface area contributed by atoms with E-state index in [0.717, 1.165) is 11.3 Å². The summed E-state index contributed by atoms with van der Waals surface area (Å²) in [6, 6.07) is 12.6. The average molecular weight is 289 g/mol. The average Bonchev–Trinajstić information content (AvgIpc) is 2.41. The number of aryl methyl sites for hydroxylation is 1. The topological polar surface area (TPSA) is 26.3 Å². The molecule has 2 aromatic rings. The second kappa shape index (κ2) is 6.10. The van der Waals surface area contributed by atoms with E-state index in [0.29, 0.717) is 16.1 Å². The summed E-state index contributed by atoms with van der Waals surface area (Å²) < 4.78 is 5.56. The van der Waals surface area contributed by atoms with Crippen LogP contribution in [-0.4, -0.2) is 11.9 Å². The molecule has 0 N–H and O–H groups in total. The van der Waals surface area contributed by atoms with Gasteiger partial charge in [0.05, 0.1) is 11.1 Å². The Hall–Kier alpha value is -1.80. The third-order valence-corrected chi connectivity index (χ3v) is 3.43. The van der Waals surface area contributed by atoms with Crippen LogP contribution in [-0.2, 0) is 0 Å². The monoisotopic (exact) mass is 288 g/mol. The lowest BCUT2D eigenvalue weighted by atomic mass is 10.0. The summed E-state index contributed by atoms with van der Waals surface area (Å²) in [4.78, 5) is 12.4. The van der Waals surface area contributed by atoms with Crippen LogP contribution in [0.5, 0.6) is 5.75 Å². The molecule has 3 heteroatoms. The molecule has 20 heavy (non-hydrogen) atoms. The van der Waals surface area contributed by atoms with Crippen LogP contribution in [0.25, 0.3) is 0 Å². The molecule has 0 bridgehead atoms. The van der Waals surface area contributed by atoms with E-state index in [1.54, 1.807) is 30.3 Å². The second-order valence-corrected chi connectivity index (χ2v) is 5.33. The Balaban J connectivity index is 2.27. The van der Waals surface area contributed by atoms with E-state index in [2.05, 4.69) is 0 Å². The van der Waals surface area contributed by atoms with E-state index in [1.165, 1.54) is 0 Å². The highest BCUT2D eigenvalue weighted by Crippen LogP contribution is 2.24. The summed E-state index contributed by atoms with van der Waals surface area (Å²) >= 11 is 6.19. The smallest absolute Gasteiger partial charge is 0.194 e. The van der Waals surface area contributed by atoms with Gasteiger partial charge in [0.2, 0.25) is 0 Å². The van der Waals surface area contributed by atoms with Gasteiger partial charge in [-0.05, 0) is 56.7 Å². The van der Waals surface area contributed by atoms with Gasteiger partial charge in [-0.15, -0.1) is 0 Å². The van der Waals surface area contributed by atoms with Crippen molar-refractivity contribution in [2.75, 3.05) is 0 Å². The SMILES string of the molecule is Cc1cccc(C(=O)c2ccc(OC(C)C)cc2)c1Cl. The Kier molecular flexibility index (Phi) is 4.46. The van der Waals surface area contributed by atoms with Crippen LogP contribution in [0.2, 0.25) is 5.02 Å². The molecule has 0 aromatic heterocycles. The highest BCUT2D eigenvalue weighted by molar-refractivity contribution is 6.35. The van der Waals surface area contributed by atoms with Gasteiger partial charge in [-0.25, -0.2) is 0 Å². The van der Waals surface area contributed by atoms with E-state index < -0.39 is 0 Å². The molecule has 2 rings (SSSR count). The van der Waals surface area contributed by atoms with Crippen LogP contribution < -0.4 is 4.74 Å². The first-order valence-electron chi connectivity index (χ1n) is 6.55. The van der Waals surface area contributed by atoms with E-state index >= 15 is 0 Å². The maximum atomic E-state index is 12.4. The normalized spacial score (nSPS) is 10.7. The molecular weight excluding hydrogens is 272 g/mol. The van der Waals surface area contributed by atoms with Gasteiger partial charge < -0.3 is 4.74 Å². The molecule has 0 spiro atoms. The van der Waals surface area contributed by atoms with Crippen molar-refractivity contribution < 1.29 is 9.53 Å². The molecule has 0 unspecified atom stereocenters. The van der Waals surface area contributed by atoms with Gasteiger partial charge in [0.15, 0.2) is 5.78 Å². The molecular formula is C17H17ClO2. The Morgan fingerprint density at radius 2 is 1.75 bits per heavy atom. The number of carbonyl (C=O) groups excluding carboxylic acids is 1. The first-order valence-corrected chi connectivity index (χ1v) is 6.93. The minimum Gasteiger partial charge on any atom is -0.491 e. The van der Waals surface area contributed by atoms with Gasteiger partial charge in [0.1, 0.15) is 5.75 Å². The van der Waals surface area contributed by atoms with Crippen LogP contribution in [0.3, 0.4) is 0 Å². The molecule has 0 radical (unpaired) electrons. The minimum absolute atomic E-state index is 0.0743. The highest BCUT2D eigenvalue weighted by Gasteiger charge is 2.14. The quantitative estimate of drug-likeness (QED) is 0.765. The van der Waals surface area contributed by atoms with Crippen molar-refractivity contribution in [2.24, 2.45) is 0 Å². The zero-order valence-corrected chi connectivity index (χ0v) is 12.6. The Labute approximate surface area is 124 Å². The second-order valence-electron chi connectivity index (χ2n) is 4.96. The van der Waals surface area contributed by atoms with Crippen molar-refractivity contribution in [2.45, 2.75) is 26.9 Å². The number of hydrogen-bond acceptors (Lipinski definition) is 2. The lowest BCUT2D eigenvalue weighted by Crippen LogP contribution is -2.06. The maximum absolute atomic E-state index is 12.4. The zero-order chi connectivity index (χ0) is 14.7. The zero-order valence-electron chi connectivity index (χ0n) is 11.8. The van der Waals surface area contributed by atoms with Crippen LogP contribution in [0.4, 0.5) is 0 Å². The van der Waals surface area contributed by atoms with Gasteiger partial charge >= 0.3 is 0 Å². The molecule has 0 heterocycles. The molecule has 104 valence electrons. The van der Waals surface area contributed by atoms with Crippen molar-refractivity contribution in [3.8, 4) is 5.75 Å². The summed E-state index contributed by atoms with van der Waals surface area (Å²) in [5.74, 6) is 0.682. The fourth-order valence-electron chi connectivity index (χ4n) is 1.94. The molecule has 0 aliphatic carbocycles. The van der Waals surface area contributed by atoms with Crippen LogP contribution in [0, 0.1) is 6.92 Å². The summed E-state index contributed by atoms with van der Waals surface area (Å²) in [5, 5.41) is 0.514. The number of ketones is 1. The van der Waals surface area contributed by atoms with Gasteiger partial charge in [0.25, 0.3) is 0 Å². The first-order chi connectivity index (χ1) is 9.49. The summed E-state index contributed by atoms with van der Waals surface area (Å²) in [7, 11) is 0. The predicted octanol–water partition coefficient (Wildman–Crippen LogP) is 4.67. The molecule has 0 atom stereocenters. The molecule has 0 saturated carbocycles. The van der Waals surface area contributed by atoms with Gasteiger partial charge in [0, 0.05) is 11.1 Å². The Morgan fingerprint density at radius 1 is 1.10 bits per heavy atom. The lowest BCUT2D eigenvalue weighted by molar-refractivity contribution is 0.103. The van der Waals surface area contributed by atoms with Crippen LogP contribution in [0.1, 0.15) is 35.3 Å². The summed E-state index contributed by atoms with van der Waals surface area (Å²) in [6.45, 7) is 5.82. The van der Waals surface area contributed by atoms with Crippen LogP contribution in [0.15, 0.2) is 42.5 Å². The third-order valence-electron chi connectivity index (χ3n) is 2.92. The first kappa shape index (κ1) is 14.6. The van der Waals surface area contributed by atoms with Crippen molar-refractivity contribution in [1.82, 2.24) is 0 Å². The third kappa shape index (κ3) is 3.20. The molecule has 0 amide bonds. The molecule has 2 aromatic carbocycles.